The van der Waals surface area contributed by atoms with E-state index >= 15 is 0 Å². The number of aromatic nitrogens is 3. The van der Waals surface area contributed by atoms with Crippen molar-refractivity contribution in [2.45, 2.75) is 32.5 Å². The summed E-state index contributed by atoms with van der Waals surface area (Å²) in [5, 5.41) is 9.11. The number of carbonyl (C=O) groups is 1. The average molecular weight is 458 g/mol. The van der Waals surface area contributed by atoms with Gasteiger partial charge in [-0.1, -0.05) is 23.7 Å². The second-order valence-electron chi connectivity index (χ2n) is 7.24. The van der Waals surface area contributed by atoms with E-state index in [1.807, 2.05) is 41.8 Å². The number of ether oxygens (including phenoxy) is 4. The van der Waals surface area contributed by atoms with Crippen molar-refractivity contribution >= 4 is 17.6 Å². The van der Waals surface area contributed by atoms with E-state index in [0.29, 0.717) is 28.2 Å². The number of fused-ring (bicyclic) bond motifs is 3. The number of esters is 1. The minimum atomic E-state index is -0.706. The topological polar surface area (TPSA) is 84.7 Å². The maximum Gasteiger partial charge on any atom is 0.308 e. The van der Waals surface area contributed by atoms with E-state index in [2.05, 4.69) is 10.2 Å². The highest BCUT2D eigenvalue weighted by molar-refractivity contribution is 6.30. The summed E-state index contributed by atoms with van der Waals surface area (Å²) in [6.45, 7) is 3.89. The first-order chi connectivity index (χ1) is 15.5. The predicted octanol–water partition coefficient (Wildman–Crippen LogP) is 4.36. The van der Waals surface area contributed by atoms with Crippen molar-refractivity contribution in [3.8, 4) is 17.2 Å². The second kappa shape index (κ2) is 9.18. The molecule has 2 aromatic carbocycles. The van der Waals surface area contributed by atoms with Gasteiger partial charge in [0.25, 0.3) is 0 Å². The summed E-state index contributed by atoms with van der Waals surface area (Å²) in [5.74, 6) is 1.90. The third kappa shape index (κ3) is 3.91. The van der Waals surface area contributed by atoms with Gasteiger partial charge < -0.3 is 18.9 Å². The van der Waals surface area contributed by atoms with Crippen LogP contribution in [0.1, 0.15) is 48.3 Å². The molecule has 1 aliphatic heterocycles. The van der Waals surface area contributed by atoms with Gasteiger partial charge in [-0.2, -0.15) is 0 Å². The molecule has 2 heterocycles. The summed E-state index contributed by atoms with van der Waals surface area (Å²) in [6.07, 6.45) is -1.34. The van der Waals surface area contributed by atoms with Crippen LogP contribution in [0.25, 0.3) is 5.69 Å². The molecule has 3 aromatic rings. The lowest BCUT2D eigenvalue weighted by Gasteiger charge is -2.24. The van der Waals surface area contributed by atoms with Crippen LogP contribution in [0.2, 0.25) is 5.02 Å². The maximum absolute atomic E-state index is 12.4. The highest BCUT2D eigenvalue weighted by Crippen LogP contribution is 2.46. The van der Waals surface area contributed by atoms with E-state index in [-0.39, 0.29) is 19.0 Å². The Kier molecular flexibility index (Phi) is 6.34. The van der Waals surface area contributed by atoms with Crippen molar-refractivity contribution in [2.24, 2.45) is 0 Å². The van der Waals surface area contributed by atoms with Crippen LogP contribution in [0, 0.1) is 6.92 Å². The van der Waals surface area contributed by atoms with Gasteiger partial charge >= 0.3 is 5.97 Å². The van der Waals surface area contributed by atoms with E-state index in [4.69, 9.17) is 30.5 Å². The minimum absolute atomic E-state index is 0.0174. The van der Waals surface area contributed by atoms with Crippen LogP contribution in [0.5, 0.6) is 11.5 Å². The van der Waals surface area contributed by atoms with Crippen LogP contribution in [0.15, 0.2) is 36.4 Å². The number of halogens is 1. The van der Waals surface area contributed by atoms with Crippen molar-refractivity contribution < 1.29 is 23.7 Å². The average Bonchev–Trinajstić information content (AvgIpc) is 3.11. The van der Waals surface area contributed by atoms with Gasteiger partial charge in [-0.15, -0.1) is 10.2 Å². The summed E-state index contributed by atoms with van der Waals surface area (Å²) >= 11 is 6.39. The lowest BCUT2D eigenvalue weighted by Crippen LogP contribution is -2.17. The smallest absolute Gasteiger partial charge is 0.308 e. The lowest BCUT2D eigenvalue weighted by atomic mass is 9.98. The Morgan fingerprint density at radius 2 is 1.97 bits per heavy atom. The zero-order valence-corrected chi connectivity index (χ0v) is 19.0. The molecular weight excluding hydrogens is 434 g/mol. The molecule has 0 radical (unpaired) electrons. The van der Waals surface area contributed by atoms with Gasteiger partial charge in [-0.05, 0) is 38.1 Å². The summed E-state index contributed by atoms with van der Waals surface area (Å²) in [7, 11) is 3.15. The van der Waals surface area contributed by atoms with Crippen LogP contribution < -0.4 is 9.47 Å². The zero-order valence-electron chi connectivity index (χ0n) is 18.3. The fourth-order valence-corrected chi connectivity index (χ4v) is 4.17. The summed E-state index contributed by atoms with van der Waals surface area (Å²) in [6, 6.07) is 11.1. The van der Waals surface area contributed by atoms with Crippen molar-refractivity contribution in [3.05, 3.63) is 64.2 Å². The molecule has 0 amide bonds. The number of para-hydroxylation sites is 1. The van der Waals surface area contributed by atoms with E-state index in [1.165, 1.54) is 0 Å². The summed E-state index contributed by atoms with van der Waals surface area (Å²) < 4.78 is 24.8. The molecule has 32 heavy (non-hydrogen) atoms. The molecule has 8 nitrogen and oxygen atoms in total. The molecule has 0 N–H and O–H groups in total. The minimum Gasteiger partial charge on any atom is -0.493 e. The maximum atomic E-state index is 12.4. The number of methoxy groups -OCH3 is 2. The monoisotopic (exact) mass is 457 g/mol. The quantitative estimate of drug-likeness (QED) is 0.508. The Morgan fingerprint density at radius 3 is 2.69 bits per heavy atom. The zero-order chi connectivity index (χ0) is 22.8. The van der Waals surface area contributed by atoms with Gasteiger partial charge in [0.2, 0.25) is 0 Å². The van der Waals surface area contributed by atoms with Gasteiger partial charge in [0, 0.05) is 16.1 Å². The lowest BCUT2D eigenvalue weighted by molar-refractivity contribution is -0.147. The molecule has 0 saturated carbocycles. The second-order valence-corrected chi connectivity index (χ2v) is 7.68. The Hall–Kier alpha value is -3.10. The number of aryl methyl sites for hydroxylation is 1. The van der Waals surface area contributed by atoms with Crippen molar-refractivity contribution in [2.75, 3.05) is 20.8 Å². The summed E-state index contributed by atoms with van der Waals surface area (Å²) in [4.78, 5) is 12.4. The molecule has 0 saturated heterocycles. The Bertz CT molecular complexity index is 1150. The van der Waals surface area contributed by atoms with Gasteiger partial charge in [0.1, 0.15) is 18.0 Å². The molecule has 0 unspecified atom stereocenters. The van der Waals surface area contributed by atoms with Gasteiger partial charge in [0.15, 0.2) is 17.3 Å². The fourth-order valence-electron chi connectivity index (χ4n) is 3.99. The van der Waals surface area contributed by atoms with E-state index < -0.39 is 12.2 Å². The number of rotatable bonds is 6. The molecule has 168 valence electrons. The summed E-state index contributed by atoms with van der Waals surface area (Å²) in [5.41, 5.74) is 2.34. The third-order valence-corrected chi connectivity index (χ3v) is 5.56. The Balaban J connectivity index is 1.94. The number of nitrogens with zero attached hydrogens (tertiary/aromatic N) is 3. The number of benzene rings is 2. The highest BCUT2D eigenvalue weighted by atomic mass is 35.5. The highest BCUT2D eigenvalue weighted by Gasteiger charge is 2.36. The predicted molar refractivity (Wildman–Crippen MR) is 118 cm³/mol. The van der Waals surface area contributed by atoms with Crippen molar-refractivity contribution in [1.29, 1.82) is 0 Å². The molecular formula is C23H24ClN3O5. The first kappa shape index (κ1) is 22.1. The third-order valence-electron chi connectivity index (χ3n) is 5.32. The van der Waals surface area contributed by atoms with E-state index in [1.54, 1.807) is 27.2 Å². The number of hydrogen-bond acceptors (Lipinski definition) is 7. The Labute approximate surface area is 191 Å². The molecule has 0 aliphatic carbocycles. The first-order valence-corrected chi connectivity index (χ1v) is 10.6. The van der Waals surface area contributed by atoms with E-state index in [9.17, 15) is 4.79 Å². The molecule has 0 bridgehead atoms. The van der Waals surface area contributed by atoms with Crippen molar-refractivity contribution in [3.63, 3.8) is 0 Å². The van der Waals surface area contributed by atoms with Crippen LogP contribution in [0.3, 0.4) is 0 Å². The van der Waals surface area contributed by atoms with Crippen LogP contribution in [-0.2, 0) is 14.3 Å². The standard InChI is InChI=1S/C23H24ClN3O5/c1-5-31-20(28)12-19-23-26-25-13(2)27(23)17-10-9-14(24)11-16(17)21(32-19)15-7-6-8-18(29-3)22(15)30-4/h6-11,19,21H,5,12H2,1-4H3/t19-,21-/m0/s1. The molecule has 2 atom stereocenters. The molecule has 1 aromatic heterocycles. The van der Waals surface area contributed by atoms with Gasteiger partial charge in [-0.25, -0.2) is 0 Å². The fraction of sp³-hybridized carbons (Fsp3) is 0.348. The Morgan fingerprint density at radius 1 is 1.16 bits per heavy atom. The SMILES string of the molecule is CCOC(=O)C[C@@H]1O[C@@H](c2cccc(OC)c2OC)c2cc(Cl)ccc2-n2c(C)nnc21. The van der Waals surface area contributed by atoms with Crippen molar-refractivity contribution in [1.82, 2.24) is 14.8 Å². The van der Waals surface area contributed by atoms with Crippen LogP contribution >= 0.6 is 11.6 Å². The van der Waals surface area contributed by atoms with Gasteiger partial charge in [-0.3, -0.25) is 9.36 Å². The molecule has 0 spiro atoms. The number of carbonyl (C=O) groups excluding carboxylic acids is 1. The van der Waals surface area contributed by atoms with Gasteiger partial charge in [0.05, 0.1) is 32.9 Å². The number of hydrogen-bond donors (Lipinski definition) is 0. The normalized spacial score (nSPS) is 17.2. The molecule has 4 rings (SSSR count). The van der Waals surface area contributed by atoms with Crippen LogP contribution in [-0.4, -0.2) is 41.6 Å². The molecule has 1 aliphatic rings. The van der Waals surface area contributed by atoms with Crippen LogP contribution in [0.4, 0.5) is 0 Å². The molecule has 0 fully saturated rings. The largest absolute Gasteiger partial charge is 0.493 e. The van der Waals surface area contributed by atoms with E-state index in [0.717, 1.165) is 16.8 Å². The molecule has 9 heteroatoms. The first-order valence-electron chi connectivity index (χ1n) is 10.2.